The molecule has 3 heterocycles. The number of carbonyl (C=O) groups excluding carboxylic acids is 2. The van der Waals surface area contributed by atoms with Crippen molar-refractivity contribution in [1.29, 1.82) is 0 Å². The van der Waals surface area contributed by atoms with E-state index in [2.05, 4.69) is 4.98 Å². The topological polar surface area (TPSA) is 89.0 Å². The molecule has 1 saturated heterocycles. The molecule has 2 atom stereocenters. The Morgan fingerprint density at radius 2 is 2.03 bits per heavy atom. The first kappa shape index (κ1) is 22.7. The van der Waals surface area contributed by atoms with Crippen LogP contribution in [-0.4, -0.2) is 39.4 Å². The van der Waals surface area contributed by atoms with Crippen molar-refractivity contribution >= 4 is 17.4 Å². The lowest BCUT2D eigenvalue weighted by Crippen LogP contribution is -2.29. The number of amides is 1. The summed E-state index contributed by atoms with van der Waals surface area (Å²) in [5.41, 5.74) is 2.95. The number of hydrogen-bond donors (Lipinski definition) is 1. The minimum Gasteiger partial charge on any atom is -0.507 e. The normalized spacial score (nSPS) is 20.6. The molecule has 5 rings (SSSR count). The Bertz CT molecular complexity index is 1320. The molecule has 0 bridgehead atoms. The highest BCUT2D eigenvalue weighted by Crippen LogP contribution is 2.42. The number of fused-ring (bicyclic) bond motifs is 1. The first-order valence-corrected chi connectivity index (χ1v) is 11.7. The van der Waals surface area contributed by atoms with Crippen molar-refractivity contribution in [3.63, 3.8) is 0 Å². The second-order valence-corrected chi connectivity index (χ2v) is 8.75. The van der Waals surface area contributed by atoms with Crippen molar-refractivity contribution in [2.75, 3.05) is 6.61 Å². The number of aromatic nitrogens is 1. The number of hydrogen-bond acceptors (Lipinski definition) is 6. The van der Waals surface area contributed by atoms with Gasteiger partial charge in [0.2, 0.25) is 0 Å². The van der Waals surface area contributed by atoms with Gasteiger partial charge in [-0.3, -0.25) is 14.6 Å². The SMILES string of the molecule is CCOc1cccc([C@H]2/C(=C(\O)c3ccc4c(c3)C[C@@H](C)O4)C(=O)C(=O)N2Cc2cccnc2)c1. The average Bonchev–Trinajstić information content (AvgIpc) is 3.35. The highest BCUT2D eigenvalue weighted by atomic mass is 16.5. The van der Waals surface area contributed by atoms with Crippen LogP contribution in [0.25, 0.3) is 5.76 Å². The van der Waals surface area contributed by atoms with E-state index in [9.17, 15) is 14.7 Å². The summed E-state index contributed by atoms with van der Waals surface area (Å²) in [4.78, 5) is 32.2. The molecule has 178 valence electrons. The monoisotopic (exact) mass is 470 g/mol. The lowest BCUT2D eigenvalue weighted by Gasteiger charge is -2.25. The molecule has 0 saturated carbocycles. The third kappa shape index (κ3) is 4.25. The molecule has 0 unspecified atom stereocenters. The molecular weight excluding hydrogens is 444 g/mol. The first-order chi connectivity index (χ1) is 17.0. The zero-order chi connectivity index (χ0) is 24.5. The van der Waals surface area contributed by atoms with Gasteiger partial charge in [0, 0.05) is 30.9 Å². The molecule has 3 aromatic rings. The summed E-state index contributed by atoms with van der Waals surface area (Å²) in [5, 5.41) is 11.4. The highest BCUT2D eigenvalue weighted by molar-refractivity contribution is 6.46. The molecule has 35 heavy (non-hydrogen) atoms. The van der Waals surface area contributed by atoms with Crippen molar-refractivity contribution in [2.45, 2.75) is 39.0 Å². The molecule has 0 radical (unpaired) electrons. The van der Waals surface area contributed by atoms with Gasteiger partial charge in [0.05, 0.1) is 18.2 Å². The van der Waals surface area contributed by atoms with Crippen LogP contribution in [0.2, 0.25) is 0 Å². The molecule has 2 aliphatic rings. The van der Waals surface area contributed by atoms with Gasteiger partial charge in [0.15, 0.2) is 0 Å². The van der Waals surface area contributed by atoms with Crippen LogP contribution in [0, 0.1) is 0 Å². The predicted molar refractivity (Wildman–Crippen MR) is 130 cm³/mol. The van der Waals surface area contributed by atoms with Gasteiger partial charge in [-0.15, -0.1) is 0 Å². The van der Waals surface area contributed by atoms with E-state index < -0.39 is 17.7 Å². The summed E-state index contributed by atoms with van der Waals surface area (Å²) in [6.45, 7) is 4.53. The van der Waals surface area contributed by atoms with Crippen LogP contribution >= 0.6 is 0 Å². The Morgan fingerprint density at radius 3 is 2.80 bits per heavy atom. The van der Waals surface area contributed by atoms with E-state index in [1.807, 2.05) is 50.2 Å². The predicted octanol–water partition coefficient (Wildman–Crippen LogP) is 4.43. The molecule has 2 aliphatic heterocycles. The van der Waals surface area contributed by atoms with E-state index in [0.29, 0.717) is 29.9 Å². The molecule has 2 aromatic carbocycles. The summed E-state index contributed by atoms with van der Waals surface area (Å²) < 4.78 is 11.4. The number of pyridine rings is 1. The van der Waals surface area contributed by atoms with E-state index in [1.54, 1.807) is 30.6 Å². The largest absolute Gasteiger partial charge is 0.507 e. The molecule has 1 amide bonds. The number of carbonyl (C=O) groups is 2. The first-order valence-electron chi connectivity index (χ1n) is 11.7. The van der Waals surface area contributed by atoms with Crippen molar-refractivity contribution in [3.05, 3.63) is 94.8 Å². The second-order valence-electron chi connectivity index (χ2n) is 8.75. The van der Waals surface area contributed by atoms with Gasteiger partial charge in [0.1, 0.15) is 23.4 Å². The number of likely N-dealkylation sites (tertiary alicyclic amines) is 1. The van der Waals surface area contributed by atoms with Gasteiger partial charge in [-0.1, -0.05) is 18.2 Å². The van der Waals surface area contributed by atoms with Gasteiger partial charge in [-0.05, 0) is 66.9 Å². The highest BCUT2D eigenvalue weighted by Gasteiger charge is 2.46. The quantitative estimate of drug-likeness (QED) is 0.326. The number of ether oxygens (including phenoxy) is 2. The lowest BCUT2D eigenvalue weighted by molar-refractivity contribution is -0.140. The summed E-state index contributed by atoms with van der Waals surface area (Å²) in [6.07, 6.45) is 4.08. The average molecular weight is 471 g/mol. The van der Waals surface area contributed by atoms with Gasteiger partial charge in [-0.2, -0.15) is 0 Å². The van der Waals surface area contributed by atoms with Crippen LogP contribution in [0.1, 0.15) is 42.1 Å². The second kappa shape index (κ2) is 9.25. The fourth-order valence-corrected chi connectivity index (χ4v) is 4.74. The Morgan fingerprint density at radius 1 is 1.17 bits per heavy atom. The maximum absolute atomic E-state index is 13.3. The standard InChI is InChI=1S/C28H26N2O5/c1-3-34-22-8-4-7-19(14-22)25-24(26(31)20-9-10-23-21(13-20)12-17(2)35-23)27(32)28(33)30(25)16-18-6-5-11-29-15-18/h4-11,13-15,17,25,31H,3,12,16H2,1-2H3/b26-24+/t17-,25+/m1/s1. The Labute approximate surface area is 203 Å². The van der Waals surface area contributed by atoms with E-state index in [0.717, 1.165) is 16.9 Å². The summed E-state index contributed by atoms with van der Waals surface area (Å²) in [6, 6.07) is 15.5. The molecular formula is C28H26N2O5. The van der Waals surface area contributed by atoms with Crippen LogP contribution < -0.4 is 9.47 Å². The Balaban J connectivity index is 1.63. The van der Waals surface area contributed by atoms with Gasteiger partial charge in [-0.25, -0.2) is 0 Å². The number of ketones is 1. The Hall–Kier alpha value is -4.13. The maximum atomic E-state index is 13.3. The van der Waals surface area contributed by atoms with Gasteiger partial charge < -0.3 is 19.5 Å². The molecule has 7 heteroatoms. The van der Waals surface area contributed by atoms with Crippen LogP contribution in [-0.2, 0) is 22.6 Å². The van der Waals surface area contributed by atoms with Crippen molar-refractivity contribution in [2.24, 2.45) is 0 Å². The minimum absolute atomic E-state index is 0.0498. The molecule has 7 nitrogen and oxygen atoms in total. The molecule has 1 aromatic heterocycles. The van der Waals surface area contributed by atoms with Crippen LogP contribution in [0.4, 0.5) is 0 Å². The number of benzene rings is 2. The van der Waals surface area contributed by atoms with Gasteiger partial charge in [0.25, 0.3) is 11.7 Å². The maximum Gasteiger partial charge on any atom is 0.295 e. The number of Topliss-reactive ketones (excluding diaryl/α,β-unsaturated/α-hetero) is 1. The molecule has 0 spiro atoms. The Kier molecular flexibility index (Phi) is 5.99. The van der Waals surface area contributed by atoms with Gasteiger partial charge >= 0.3 is 0 Å². The molecule has 1 N–H and O–H groups in total. The van der Waals surface area contributed by atoms with Crippen molar-refractivity contribution in [3.8, 4) is 11.5 Å². The van der Waals surface area contributed by atoms with E-state index in [4.69, 9.17) is 9.47 Å². The summed E-state index contributed by atoms with van der Waals surface area (Å²) >= 11 is 0. The fourth-order valence-electron chi connectivity index (χ4n) is 4.74. The number of rotatable bonds is 6. The lowest BCUT2D eigenvalue weighted by atomic mass is 9.94. The van der Waals surface area contributed by atoms with E-state index in [1.165, 1.54) is 4.90 Å². The zero-order valence-electron chi connectivity index (χ0n) is 19.6. The smallest absolute Gasteiger partial charge is 0.295 e. The zero-order valence-corrected chi connectivity index (χ0v) is 19.6. The van der Waals surface area contributed by atoms with Crippen LogP contribution in [0.3, 0.4) is 0 Å². The van der Waals surface area contributed by atoms with Crippen molar-refractivity contribution in [1.82, 2.24) is 9.88 Å². The fraction of sp³-hybridized carbons (Fsp3) is 0.250. The van der Waals surface area contributed by atoms with Crippen molar-refractivity contribution < 1.29 is 24.2 Å². The molecule has 0 aliphatic carbocycles. The minimum atomic E-state index is -0.779. The van der Waals surface area contributed by atoms with E-state index in [-0.39, 0.29) is 24.0 Å². The number of aliphatic hydroxyl groups excluding tert-OH is 1. The summed E-state index contributed by atoms with van der Waals surface area (Å²) in [7, 11) is 0. The van der Waals surface area contributed by atoms with Crippen LogP contribution in [0.5, 0.6) is 11.5 Å². The number of nitrogens with zero attached hydrogens (tertiary/aromatic N) is 2. The third-order valence-corrected chi connectivity index (χ3v) is 6.27. The third-order valence-electron chi connectivity index (χ3n) is 6.27. The summed E-state index contributed by atoms with van der Waals surface area (Å²) in [5.74, 6) is -0.192. The number of aliphatic hydroxyl groups is 1. The van der Waals surface area contributed by atoms with Crippen LogP contribution in [0.15, 0.2) is 72.6 Å². The molecule has 1 fully saturated rings. The van der Waals surface area contributed by atoms with E-state index >= 15 is 0 Å².